The molecular formula is C28H32O8. The van der Waals surface area contributed by atoms with Gasteiger partial charge in [-0.25, -0.2) is 0 Å². The van der Waals surface area contributed by atoms with E-state index in [4.69, 9.17) is 9.47 Å². The molecule has 3 saturated carbocycles. The zero-order valence-electron chi connectivity index (χ0n) is 21.2. The Balaban J connectivity index is 1.93. The Morgan fingerprint density at radius 3 is 1.33 bits per heavy atom. The first-order valence-corrected chi connectivity index (χ1v) is 12.1. The molecule has 2 heterocycles. The molecule has 2 aliphatic heterocycles. The molecule has 8 heteroatoms. The lowest BCUT2D eigenvalue weighted by Crippen LogP contribution is -2.74. The van der Waals surface area contributed by atoms with E-state index in [2.05, 4.69) is 0 Å². The van der Waals surface area contributed by atoms with E-state index in [1.54, 1.807) is 50.3 Å². The number of allylic oxidation sites excluding steroid dienone is 8. The summed E-state index contributed by atoms with van der Waals surface area (Å²) < 4.78 is 12.5. The van der Waals surface area contributed by atoms with Crippen LogP contribution in [-0.4, -0.2) is 54.8 Å². The van der Waals surface area contributed by atoms with Crippen molar-refractivity contribution in [1.82, 2.24) is 0 Å². The smallest absolute Gasteiger partial charge is 0.210 e. The molecular weight excluding hydrogens is 464 g/mol. The molecule has 8 nitrogen and oxygen atoms in total. The van der Waals surface area contributed by atoms with E-state index >= 15 is 0 Å². The number of rotatable bonds is 4. The van der Waals surface area contributed by atoms with Crippen molar-refractivity contribution in [2.75, 3.05) is 0 Å². The fraction of sp³-hybridized carbons (Fsp3) is 0.500. The Morgan fingerprint density at radius 2 is 1.03 bits per heavy atom. The quantitative estimate of drug-likeness (QED) is 0.265. The predicted octanol–water partition coefficient (Wildman–Crippen LogP) is 3.25. The maximum absolute atomic E-state index is 14.3. The lowest BCUT2D eigenvalue weighted by Gasteiger charge is -2.58. The Kier molecular flexibility index (Phi) is 4.81. The number of Topliss-reactive ketones (excluding diaryl/α,β-unsaturated/α-hetero) is 2. The van der Waals surface area contributed by atoms with E-state index in [0.717, 1.165) is 0 Å². The molecule has 3 unspecified atom stereocenters. The maximum atomic E-state index is 14.3. The lowest BCUT2D eigenvalue weighted by molar-refractivity contribution is -0.450. The summed E-state index contributed by atoms with van der Waals surface area (Å²) in [6.45, 7) is 9.48. The highest BCUT2D eigenvalue weighted by atomic mass is 16.8. The number of hydrogen-bond acceptors (Lipinski definition) is 8. The molecule has 8 atom stereocenters. The van der Waals surface area contributed by atoms with Crippen molar-refractivity contribution in [2.24, 2.45) is 22.7 Å². The Hall–Kier alpha value is -2.78. The third-order valence-corrected chi connectivity index (χ3v) is 9.41. The first kappa shape index (κ1) is 24.9. The molecule has 5 fully saturated rings. The maximum Gasteiger partial charge on any atom is 0.210 e. The zero-order valence-corrected chi connectivity index (χ0v) is 21.2. The highest BCUT2D eigenvalue weighted by Crippen LogP contribution is 2.83. The number of carbonyl (C=O) groups is 2. The standard InChI is InChI=1S/C28H32O8/c1-7-9-11-13-15(29)17-19-23(3)22(32)18(16(30)14-12-10-8-2)20-24(4,21(17)31)28(34)25(19,5)35-27(23,33)26(20,6)36-28/h7-14,19-20,29-30,33-34H,1-6H3/b9-7+,10-8+,13-11+,14-12+,17-15+,18-16+/t19?,20?,23-,24?,25-,26-,27+,28+/m0/s1. The molecule has 8 bridgehead atoms. The fourth-order valence-electron chi connectivity index (χ4n) is 7.94. The van der Waals surface area contributed by atoms with Crippen LogP contribution >= 0.6 is 0 Å². The second-order valence-electron chi connectivity index (χ2n) is 11.0. The number of aliphatic hydroxyl groups excluding tert-OH is 2. The summed E-state index contributed by atoms with van der Waals surface area (Å²) in [6, 6.07) is 0. The van der Waals surface area contributed by atoms with E-state index in [9.17, 15) is 30.0 Å². The van der Waals surface area contributed by atoms with E-state index in [0.29, 0.717) is 0 Å². The third kappa shape index (κ3) is 2.15. The van der Waals surface area contributed by atoms with Crippen molar-refractivity contribution in [3.05, 3.63) is 71.3 Å². The summed E-state index contributed by atoms with van der Waals surface area (Å²) in [5, 5.41) is 46.6. The molecule has 192 valence electrons. The van der Waals surface area contributed by atoms with Gasteiger partial charge in [-0.15, -0.1) is 0 Å². The number of ether oxygens (including phenoxy) is 2. The summed E-state index contributed by atoms with van der Waals surface area (Å²) in [5.41, 5.74) is -7.52. The minimum atomic E-state index is -2.26. The van der Waals surface area contributed by atoms with Gasteiger partial charge in [0.2, 0.25) is 11.6 Å². The molecule has 0 aromatic heterocycles. The van der Waals surface area contributed by atoms with Crippen LogP contribution in [0.3, 0.4) is 0 Å². The topological polar surface area (TPSA) is 134 Å². The van der Waals surface area contributed by atoms with Gasteiger partial charge in [-0.1, -0.05) is 36.5 Å². The van der Waals surface area contributed by atoms with Crippen LogP contribution in [0.15, 0.2) is 71.3 Å². The molecule has 2 saturated heterocycles. The van der Waals surface area contributed by atoms with Crippen LogP contribution in [0.25, 0.3) is 0 Å². The van der Waals surface area contributed by atoms with Gasteiger partial charge in [-0.05, 0) is 53.7 Å². The molecule has 0 spiro atoms. The summed E-state index contributed by atoms with van der Waals surface area (Å²) in [5.74, 6) is -9.12. The molecule has 0 amide bonds. The summed E-state index contributed by atoms with van der Waals surface area (Å²) >= 11 is 0. The normalized spacial score (nSPS) is 51.8. The van der Waals surface area contributed by atoms with E-state index < -0.39 is 57.0 Å². The third-order valence-electron chi connectivity index (χ3n) is 9.41. The van der Waals surface area contributed by atoms with Crippen LogP contribution in [0, 0.1) is 22.7 Å². The van der Waals surface area contributed by atoms with Gasteiger partial charge in [0, 0.05) is 23.0 Å². The Labute approximate surface area is 209 Å². The van der Waals surface area contributed by atoms with E-state index in [1.807, 2.05) is 0 Å². The predicted molar refractivity (Wildman–Crippen MR) is 129 cm³/mol. The molecule has 0 aromatic carbocycles. The minimum Gasteiger partial charge on any atom is -0.508 e. The number of ketones is 2. The van der Waals surface area contributed by atoms with E-state index in [1.165, 1.54) is 39.8 Å². The van der Waals surface area contributed by atoms with Crippen LogP contribution in [0.5, 0.6) is 0 Å². The van der Waals surface area contributed by atoms with Gasteiger partial charge in [0.05, 0.1) is 10.8 Å². The summed E-state index contributed by atoms with van der Waals surface area (Å²) in [7, 11) is 0. The van der Waals surface area contributed by atoms with Gasteiger partial charge in [-0.2, -0.15) is 0 Å². The number of carbonyl (C=O) groups excluding carboxylic acids is 2. The van der Waals surface area contributed by atoms with Crippen LogP contribution < -0.4 is 0 Å². The highest BCUT2D eigenvalue weighted by Gasteiger charge is 2.99. The second kappa shape index (κ2) is 6.95. The van der Waals surface area contributed by atoms with Crippen molar-refractivity contribution in [2.45, 2.75) is 64.3 Å². The fourth-order valence-corrected chi connectivity index (χ4v) is 7.94. The van der Waals surface area contributed by atoms with Gasteiger partial charge in [-0.3, -0.25) is 9.59 Å². The van der Waals surface area contributed by atoms with Gasteiger partial charge >= 0.3 is 0 Å². The van der Waals surface area contributed by atoms with Crippen molar-refractivity contribution in [3.63, 3.8) is 0 Å². The van der Waals surface area contributed by atoms with Crippen LogP contribution in [0.2, 0.25) is 0 Å². The van der Waals surface area contributed by atoms with Crippen molar-refractivity contribution >= 4 is 11.6 Å². The highest BCUT2D eigenvalue weighted by molar-refractivity contribution is 6.13. The van der Waals surface area contributed by atoms with Gasteiger partial charge in [0.1, 0.15) is 22.7 Å². The molecule has 5 aliphatic rings. The minimum absolute atomic E-state index is 0.113. The lowest BCUT2D eigenvalue weighted by atomic mass is 9.39. The number of aliphatic hydroxyl groups is 4. The van der Waals surface area contributed by atoms with Gasteiger partial charge in [0.15, 0.2) is 11.6 Å². The Morgan fingerprint density at radius 1 is 0.694 bits per heavy atom. The summed E-state index contributed by atoms with van der Waals surface area (Å²) in [6.07, 6.45) is 12.6. The van der Waals surface area contributed by atoms with E-state index in [-0.39, 0.29) is 22.7 Å². The largest absolute Gasteiger partial charge is 0.508 e. The molecule has 0 aromatic rings. The van der Waals surface area contributed by atoms with Crippen LogP contribution in [0.1, 0.15) is 41.5 Å². The van der Waals surface area contributed by atoms with Crippen molar-refractivity contribution in [3.8, 4) is 0 Å². The zero-order chi connectivity index (χ0) is 26.7. The van der Waals surface area contributed by atoms with Gasteiger partial charge in [0.25, 0.3) is 0 Å². The molecule has 0 radical (unpaired) electrons. The molecule has 36 heavy (non-hydrogen) atoms. The molecule has 3 aliphatic carbocycles. The monoisotopic (exact) mass is 496 g/mol. The average molecular weight is 497 g/mol. The molecule has 5 rings (SSSR count). The van der Waals surface area contributed by atoms with Crippen LogP contribution in [-0.2, 0) is 19.1 Å². The average Bonchev–Trinajstić information content (AvgIpc) is 3.12. The summed E-state index contributed by atoms with van der Waals surface area (Å²) in [4.78, 5) is 28.7. The Bertz CT molecular complexity index is 1190. The van der Waals surface area contributed by atoms with Crippen molar-refractivity contribution < 1.29 is 39.5 Å². The first-order valence-electron chi connectivity index (χ1n) is 12.1. The second-order valence-corrected chi connectivity index (χ2v) is 11.0. The van der Waals surface area contributed by atoms with Crippen LogP contribution in [0.4, 0.5) is 0 Å². The first-order chi connectivity index (χ1) is 16.7. The van der Waals surface area contributed by atoms with Gasteiger partial charge < -0.3 is 29.9 Å². The number of hydrogen-bond donors (Lipinski definition) is 4. The van der Waals surface area contributed by atoms with Crippen molar-refractivity contribution in [1.29, 1.82) is 0 Å². The molecule has 4 N–H and O–H groups in total. The SMILES string of the molecule is C/C=C/C=C/C(O)=C1\C(=O)[C@]2(C)C3/C(=C(O)/C=C/C=C/C)C(=O)C4(C)C1[C@]1(C)O[C@@]4(O)[C@@]3(C)O[C@@]12O.